The molecule has 3 saturated heterocycles. The largest absolute Gasteiger partial charge is 0.496 e. The van der Waals surface area contributed by atoms with Crippen LogP contribution in [-0.2, 0) is 22.7 Å². The third-order valence-corrected chi connectivity index (χ3v) is 6.62. The number of carbonyl (C=O) groups excluding carboxylic acids is 1. The maximum atomic E-state index is 12.8. The molecule has 4 aliphatic rings. The Labute approximate surface area is 162 Å². The zero-order chi connectivity index (χ0) is 18.8. The van der Waals surface area contributed by atoms with Crippen molar-refractivity contribution in [1.82, 2.24) is 9.80 Å². The summed E-state index contributed by atoms with van der Waals surface area (Å²) in [5, 5.41) is 0. The average Bonchev–Trinajstić information content (AvgIpc) is 2.93. The predicted molar refractivity (Wildman–Crippen MR) is 105 cm³/mol. The minimum absolute atomic E-state index is 0.314. The van der Waals surface area contributed by atoms with Crippen molar-refractivity contribution in [3.05, 3.63) is 29.3 Å². The van der Waals surface area contributed by atoms with E-state index < -0.39 is 0 Å². The zero-order valence-corrected chi connectivity index (χ0v) is 16.7. The second-order valence-corrected chi connectivity index (χ2v) is 8.48. The van der Waals surface area contributed by atoms with Gasteiger partial charge in [-0.1, -0.05) is 12.5 Å². The number of carbonyl (C=O) groups is 1. The van der Waals surface area contributed by atoms with Gasteiger partial charge < -0.3 is 14.4 Å². The molecule has 4 fully saturated rings. The molecule has 1 aromatic carbocycles. The van der Waals surface area contributed by atoms with E-state index in [2.05, 4.69) is 21.9 Å². The van der Waals surface area contributed by atoms with E-state index in [-0.39, 0.29) is 0 Å². The van der Waals surface area contributed by atoms with Gasteiger partial charge in [-0.3, -0.25) is 9.69 Å². The van der Waals surface area contributed by atoms with E-state index in [0.717, 1.165) is 50.3 Å². The summed E-state index contributed by atoms with van der Waals surface area (Å²) < 4.78 is 10.8. The molecule has 1 amide bonds. The topological polar surface area (TPSA) is 42.0 Å². The summed E-state index contributed by atoms with van der Waals surface area (Å²) in [4.78, 5) is 17.6. The predicted octanol–water partition coefficient (Wildman–Crippen LogP) is 3.06. The minimum Gasteiger partial charge on any atom is -0.496 e. The number of hydrogen-bond donors (Lipinski definition) is 0. The Bertz CT molecular complexity index is 674. The Morgan fingerprint density at radius 3 is 2.67 bits per heavy atom. The third kappa shape index (κ3) is 3.99. The van der Waals surface area contributed by atoms with Gasteiger partial charge in [0.05, 0.1) is 13.7 Å². The van der Waals surface area contributed by atoms with Crippen LogP contribution >= 0.6 is 0 Å². The first-order valence-electron chi connectivity index (χ1n) is 10.4. The maximum Gasteiger partial charge on any atom is 0.225 e. The molecule has 148 valence electrons. The fourth-order valence-electron chi connectivity index (χ4n) is 4.90. The van der Waals surface area contributed by atoms with Crippen molar-refractivity contribution in [2.75, 3.05) is 33.9 Å². The van der Waals surface area contributed by atoms with Crippen molar-refractivity contribution in [2.45, 2.75) is 51.3 Å². The number of piperidine rings is 1. The van der Waals surface area contributed by atoms with Gasteiger partial charge in [-0.05, 0) is 49.3 Å². The number of nitrogens with zero attached hydrogens (tertiary/aromatic N) is 2. The van der Waals surface area contributed by atoms with Crippen LogP contribution in [0.15, 0.2) is 18.2 Å². The van der Waals surface area contributed by atoms with Crippen molar-refractivity contribution in [1.29, 1.82) is 0 Å². The number of methoxy groups -OCH3 is 2. The molecule has 1 aromatic rings. The van der Waals surface area contributed by atoms with Gasteiger partial charge in [0.2, 0.25) is 5.91 Å². The number of ether oxygens (including phenoxy) is 2. The van der Waals surface area contributed by atoms with Crippen LogP contribution in [0.5, 0.6) is 5.75 Å². The van der Waals surface area contributed by atoms with Gasteiger partial charge in [0.25, 0.3) is 0 Å². The SMILES string of the molecule is COCc1cc(CN2C[C@H]3CC[C@@H]2CN(C(=O)C2CCC2)C3)ccc1OC. The standard InChI is InChI=1S/C22H32N2O3/c1-26-15-19-10-16(7-9-21(19)27-2)11-23-12-17-6-8-20(23)14-24(13-17)22(25)18-4-3-5-18/h7,9-10,17-18,20H,3-6,8,11-15H2,1-2H3/t17-,20-/m1/s1. The molecule has 1 aliphatic carbocycles. The quantitative estimate of drug-likeness (QED) is 0.770. The molecule has 0 radical (unpaired) electrons. The normalized spacial score (nSPS) is 25.9. The fraction of sp³-hybridized carbons (Fsp3) is 0.682. The van der Waals surface area contributed by atoms with Gasteiger partial charge in [-0.15, -0.1) is 0 Å². The van der Waals surface area contributed by atoms with Crippen LogP contribution in [0.3, 0.4) is 0 Å². The van der Waals surface area contributed by atoms with Crippen LogP contribution in [0, 0.1) is 11.8 Å². The van der Waals surface area contributed by atoms with Crippen molar-refractivity contribution in [3.63, 3.8) is 0 Å². The van der Waals surface area contributed by atoms with Gasteiger partial charge in [-0.25, -0.2) is 0 Å². The second kappa shape index (κ2) is 8.19. The highest BCUT2D eigenvalue weighted by Gasteiger charge is 2.39. The summed E-state index contributed by atoms with van der Waals surface area (Å²) in [6, 6.07) is 6.90. The smallest absolute Gasteiger partial charge is 0.225 e. The summed E-state index contributed by atoms with van der Waals surface area (Å²) in [5.74, 6) is 2.24. The number of amides is 1. The Kier molecular flexibility index (Phi) is 5.69. The molecule has 2 atom stereocenters. The summed E-state index contributed by atoms with van der Waals surface area (Å²) in [6.07, 6.45) is 5.89. The van der Waals surface area contributed by atoms with Gasteiger partial charge in [0.1, 0.15) is 5.75 Å². The Morgan fingerprint density at radius 2 is 1.96 bits per heavy atom. The first-order valence-corrected chi connectivity index (χ1v) is 10.4. The molecular formula is C22H32N2O3. The van der Waals surface area contributed by atoms with Crippen molar-refractivity contribution < 1.29 is 14.3 Å². The van der Waals surface area contributed by atoms with E-state index in [4.69, 9.17) is 9.47 Å². The molecule has 5 nitrogen and oxygen atoms in total. The molecule has 5 rings (SSSR count). The van der Waals surface area contributed by atoms with Crippen LogP contribution in [0.25, 0.3) is 0 Å². The van der Waals surface area contributed by atoms with E-state index in [1.165, 1.54) is 24.8 Å². The van der Waals surface area contributed by atoms with Crippen LogP contribution < -0.4 is 4.74 Å². The molecule has 0 spiro atoms. The third-order valence-electron chi connectivity index (χ3n) is 6.62. The molecular weight excluding hydrogens is 340 g/mol. The van der Waals surface area contributed by atoms with Crippen LogP contribution in [0.4, 0.5) is 0 Å². The fourth-order valence-corrected chi connectivity index (χ4v) is 4.90. The molecule has 2 bridgehead atoms. The molecule has 3 heterocycles. The van der Waals surface area contributed by atoms with Crippen LogP contribution in [-0.4, -0.2) is 55.6 Å². The Hall–Kier alpha value is -1.59. The Morgan fingerprint density at radius 1 is 1.11 bits per heavy atom. The highest BCUT2D eigenvalue weighted by molar-refractivity contribution is 5.79. The first kappa shape index (κ1) is 18.8. The summed E-state index contributed by atoms with van der Waals surface area (Å²) in [7, 11) is 3.42. The van der Waals surface area contributed by atoms with Crippen molar-refractivity contribution in [3.8, 4) is 5.75 Å². The van der Waals surface area contributed by atoms with E-state index in [9.17, 15) is 4.79 Å². The minimum atomic E-state index is 0.314. The average molecular weight is 373 g/mol. The summed E-state index contributed by atoms with van der Waals surface area (Å²) in [6.45, 7) is 4.47. The molecule has 27 heavy (non-hydrogen) atoms. The van der Waals surface area contributed by atoms with Crippen molar-refractivity contribution in [2.24, 2.45) is 11.8 Å². The molecule has 0 aromatic heterocycles. The van der Waals surface area contributed by atoms with Crippen LogP contribution in [0.2, 0.25) is 0 Å². The number of fused-ring (bicyclic) bond motifs is 4. The van der Waals surface area contributed by atoms with E-state index in [1.54, 1.807) is 14.2 Å². The first-order chi connectivity index (χ1) is 13.2. The lowest BCUT2D eigenvalue weighted by Crippen LogP contribution is -2.45. The summed E-state index contributed by atoms with van der Waals surface area (Å²) in [5.41, 5.74) is 2.39. The maximum absolute atomic E-state index is 12.8. The van der Waals surface area contributed by atoms with Gasteiger partial charge >= 0.3 is 0 Å². The van der Waals surface area contributed by atoms with Gasteiger partial charge in [-0.2, -0.15) is 0 Å². The number of rotatable bonds is 6. The van der Waals surface area contributed by atoms with E-state index >= 15 is 0 Å². The molecule has 0 N–H and O–H groups in total. The van der Waals surface area contributed by atoms with E-state index in [1.807, 2.05) is 6.07 Å². The highest BCUT2D eigenvalue weighted by atomic mass is 16.5. The lowest BCUT2D eigenvalue weighted by atomic mass is 9.84. The Balaban J connectivity index is 1.45. The zero-order valence-electron chi connectivity index (χ0n) is 16.7. The van der Waals surface area contributed by atoms with Gasteiger partial charge in [0.15, 0.2) is 0 Å². The van der Waals surface area contributed by atoms with Crippen molar-refractivity contribution >= 4 is 5.91 Å². The second-order valence-electron chi connectivity index (χ2n) is 8.48. The monoisotopic (exact) mass is 372 g/mol. The van der Waals surface area contributed by atoms with Crippen LogP contribution in [0.1, 0.15) is 43.2 Å². The highest BCUT2D eigenvalue weighted by Crippen LogP contribution is 2.34. The number of hydrogen-bond acceptors (Lipinski definition) is 4. The lowest BCUT2D eigenvalue weighted by Gasteiger charge is -2.36. The number of benzene rings is 1. The van der Waals surface area contributed by atoms with Gasteiger partial charge in [0, 0.05) is 50.8 Å². The molecule has 0 unspecified atom stereocenters. The lowest BCUT2D eigenvalue weighted by molar-refractivity contribution is -0.138. The van der Waals surface area contributed by atoms with E-state index in [0.29, 0.717) is 30.4 Å². The summed E-state index contributed by atoms with van der Waals surface area (Å²) >= 11 is 0. The molecule has 3 aliphatic heterocycles. The molecule has 5 heteroatoms. The molecule has 1 saturated carbocycles.